The van der Waals surface area contributed by atoms with Crippen LogP contribution in [-0.4, -0.2) is 30.3 Å². The second kappa shape index (κ2) is 7.19. The first-order chi connectivity index (χ1) is 11.3. The smallest absolute Gasteiger partial charge is 0.441 e. The van der Waals surface area contributed by atoms with Gasteiger partial charge in [-0.3, -0.25) is 4.79 Å². The minimum atomic E-state index is -5.40. The Kier molecular flexibility index (Phi) is 5.92. The highest BCUT2D eigenvalue weighted by Gasteiger charge is 2.63. The van der Waals surface area contributed by atoms with Crippen LogP contribution in [0.15, 0.2) is 24.3 Å². The lowest BCUT2D eigenvalue weighted by molar-refractivity contribution is -0.207. The highest BCUT2D eigenvalue weighted by Crippen LogP contribution is 2.35. The number of hydrogen-bond acceptors (Lipinski definition) is 4. The summed E-state index contributed by atoms with van der Waals surface area (Å²) in [5.74, 6) is -3.15. The Morgan fingerprint density at radius 2 is 1.72 bits per heavy atom. The van der Waals surface area contributed by atoms with Crippen molar-refractivity contribution in [1.29, 1.82) is 0 Å². The van der Waals surface area contributed by atoms with E-state index >= 15 is 0 Å². The predicted molar refractivity (Wildman–Crippen MR) is 74.3 cm³/mol. The van der Waals surface area contributed by atoms with Crippen LogP contribution in [-0.2, 0) is 20.5 Å². The van der Waals surface area contributed by atoms with Gasteiger partial charge in [0.05, 0.1) is 12.2 Å². The summed E-state index contributed by atoms with van der Waals surface area (Å²) in [5, 5.41) is 3.02. The molecule has 140 valence electrons. The SMILES string of the molecule is CCOC(=O)C(NC(C)=O)(Nc1cccc(C(F)(F)F)c1)C(F)(F)F. The van der Waals surface area contributed by atoms with Crippen molar-refractivity contribution in [1.82, 2.24) is 5.32 Å². The Balaban J connectivity index is 3.42. The van der Waals surface area contributed by atoms with Crippen LogP contribution < -0.4 is 10.6 Å². The first-order valence-electron chi connectivity index (χ1n) is 6.81. The number of hydrogen-bond donors (Lipinski definition) is 2. The van der Waals surface area contributed by atoms with Crippen molar-refractivity contribution >= 4 is 17.6 Å². The third-order valence-electron chi connectivity index (χ3n) is 2.89. The molecule has 0 spiro atoms. The summed E-state index contributed by atoms with van der Waals surface area (Å²) < 4.78 is 83.1. The second-order valence-electron chi connectivity index (χ2n) is 4.85. The fraction of sp³-hybridized carbons (Fsp3) is 0.429. The van der Waals surface area contributed by atoms with Gasteiger partial charge in [-0.05, 0) is 25.1 Å². The maximum atomic E-state index is 13.5. The molecule has 0 radical (unpaired) electrons. The largest absolute Gasteiger partial charge is 0.463 e. The number of esters is 1. The number of nitrogens with one attached hydrogen (secondary N) is 2. The lowest BCUT2D eigenvalue weighted by Gasteiger charge is -2.35. The first-order valence-corrected chi connectivity index (χ1v) is 6.81. The predicted octanol–water partition coefficient (Wildman–Crippen LogP) is 3.08. The molecule has 0 heterocycles. The van der Waals surface area contributed by atoms with E-state index in [0.717, 1.165) is 12.1 Å². The molecule has 0 saturated carbocycles. The maximum absolute atomic E-state index is 13.5. The van der Waals surface area contributed by atoms with E-state index in [1.807, 2.05) is 0 Å². The molecule has 0 aromatic heterocycles. The molecule has 1 amide bonds. The molecule has 2 N–H and O–H groups in total. The topological polar surface area (TPSA) is 67.4 Å². The number of benzene rings is 1. The Hall–Kier alpha value is -2.46. The third-order valence-corrected chi connectivity index (χ3v) is 2.89. The van der Waals surface area contributed by atoms with Crippen LogP contribution in [0.4, 0.5) is 32.0 Å². The Morgan fingerprint density at radius 3 is 2.16 bits per heavy atom. The highest BCUT2D eigenvalue weighted by atomic mass is 19.4. The van der Waals surface area contributed by atoms with Crippen LogP contribution in [0.3, 0.4) is 0 Å². The molecule has 0 bridgehead atoms. The van der Waals surface area contributed by atoms with Gasteiger partial charge < -0.3 is 15.4 Å². The Labute approximate surface area is 138 Å². The molecule has 11 heteroatoms. The summed E-state index contributed by atoms with van der Waals surface area (Å²) in [6.45, 7) is 1.51. The molecule has 0 aliphatic carbocycles. The summed E-state index contributed by atoms with van der Waals surface area (Å²) in [5.41, 5.74) is -5.66. The van der Waals surface area contributed by atoms with Crippen LogP contribution >= 0.6 is 0 Å². The van der Waals surface area contributed by atoms with E-state index < -0.39 is 47.7 Å². The quantitative estimate of drug-likeness (QED) is 0.474. The van der Waals surface area contributed by atoms with E-state index in [4.69, 9.17) is 0 Å². The Morgan fingerprint density at radius 1 is 1.12 bits per heavy atom. The molecule has 0 aliphatic rings. The summed E-state index contributed by atoms with van der Waals surface area (Å²) in [6.07, 6.45) is -10.2. The van der Waals surface area contributed by atoms with Crippen molar-refractivity contribution in [3.63, 3.8) is 0 Å². The molecular weight excluding hydrogens is 358 g/mol. The minimum Gasteiger partial charge on any atom is -0.463 e. The van der Waals surface area contributed by atoms with E-state index in [9.17, 15) is 35.9 Å². The van der Waals surface area contributed by atoms with Crippen LogP contribution in [0.2, 0.25) is 0 Å². The van der Waals surface area contributed by atoms with Gasteiger partial charge in [0.1, 0.15) is 0 Å². The molecule has 1 atom stereocenters. The van der Waals surface area contributed by atoms with Crippen molar-refractivity contribution in [2.45, 2.75) is 31.9 Å². The lowest BCUT2D eigenvalue weighted by Crippen LogP contribution is -2.69. The zero-order chi connectivity index (χ0) is 19.5. The van der Waals surface area contributed by atoms with Gasteiger partial charge >= 0.3 is 24.0 Å². The maximum Gasteiger partial charge on any atom is 0.441 e. The number of anilines is 1. The summed E-state index contributed by atoms with van der Waals surface area (Å²) in [4.78, 5) is 23.1. The van der Waals surface area contributed by atoms with Gasteiger partial charge in [0.2, 0.25) is 5.91 Å². The third kappa shape index (κ3) is 4.77. The molecular formula is C14H14F6N2O3. The average molecular weight is 372 g/mol. The fourth-order valence-corrected chi connectivity index (χ4v) is 1.88. The van der Waals surface area contributed by atoms with Gasteiger partial charge in [-0.15, -0.1) is 0 Å². The molecule has 0 aliphatic heterocycles. The van der Waals surface area contributed by atoms with Gasteiger partial charge in [0.25, 0.3) is 0 Å². The van der Waals surface area contributed by atoms with E-state index in [1.165, 1.54) is 12.2 Å². The van der Waals surface area contributed by atoms with Crippen LogP contribution in [0, 0.1) is 0 Å². The van der Waals surface area contributed by atoms with Crippen molar-refractivity contribution in [3.05, 3.63) is 29.8 Å². The zero-order valence-electron chi connectivity index (χ0n) is 13.0. The molecule has 5 nitrogen and oxygen atoms in total. The monoisotopic (exact) mass is 372 g/mol. The van der Waals surface area contributed by atoms with Crippen molar-refractivity contribution in [2.75, 3.05) is 11.9 Å². The molecule has 1 unspecified atom stereocenters. The number of carbonyl (C=O) groups is 2. The molecule has 0 saturated heterocycles. The van der Waals surface area contributed by atoms with Crippen molar-refractivity contribution in [3.8, 4) is 0 Å². The van der Waals surface area contributed by atoms with E-state index in [1.54, 1.807) is 5.32 Å². The molecule has 1 aromatic carbocycles. The standard InChI is InChI=1S/C14H14F6N2O3/c1-3-25-11(24)12(14(18,19)20,21-8(2)23)22-10-6-4-5-9(7-10)13(15,16)17/h4-7,22H,3H2,1-2H3,(H,21,23). The number of halogens is 6. The normalized spacial score (nSPS) is 14.4. The number of alkyl halides is 6. The van der Waals surface area contributed by atoms with E-state index in [-0.39, 0.29) is 0 Å². The van der Waals surface area contributed by atoms with Crippen molar-refractivity contribution < 1.29 is 40.7 Å². The van der Waals surface area contributed by atoms with E-state index in [0.29, 0.717) is 19.1 Å². The number of carbonyl (C=O) groups excluding carboxylic acids is 2. The number of amides is 1. The second-order valence-corrected chi connectivity index (χ2v) is 4.85. The molecule has 1 rings (SSSR count). The van der Waals surface area contributed by atoms with Gasteiger partial charge in [0.15, 0.2) is 0 Å². The van der Waals surface area contributed by atoms with Crippen LogP contribution in [0.5, 0.6) is 0 Å². The van der Waals surface area contributed by atoms with Gasteiger partial charge in [-0.1, -0.05) is 6.07 Å². The Bertz CT molecular complexity index is 644. The van der Waals surface area contributed by atoms with Gasteiger partial charge in [0, 0.05) is 12.6 Å². The van der Waals surface area contributed by atoms with Crippen LogP contribution in [0.1, 0.15) is 19.4 Å². The molecule has 1 aromatic rings. The average Bonchev–Trinajstić information content (AvgIpc) is 2.44. The zero-order valence-corrected chi connectivity index (χ0v) is 13.0. The number of rotatable bonds is 5. The van der Waals surface area contributed by atoms with Gasteiger partial charge in [-0.25, -0.2) is 4.79 Å². The van der Waals surface area contributed by atoms with Crippen molar-refractivity contribution in [2.24, 2.45) is 0 Å². The van der Waals surface area contributed by atoms with Crippen LogP contribution in [0.25, 0.3) is 0 Å². The fourth-order valence-electron chi connectivity index (χ4n) is 1.88. The minimum absolute atomic E-state index is 0.377. The molecule has 25 heavy (non-hydrogen) atoms. The highest BCUT2D eigenvalue weighted by molar-refractivity contribution is 5.90. The summed E-state index contributed by atoms with van der Waals surface area (Å²) >= 11 is 0. The number of ether oxygens (including phenoxy) is 1. The van der Waals surface area contributed by atoms with Gasteiger partial charge in [-0.2, -0.15) is 26.3 Å². The summed E-state index contributed by atoms with van der Waals surface area (Å²) in [7, 11) is 0. The first kappa shape index (κ1) is 20.6. The molecule has 0 fully saturated rings. The van der Waals surface area contributed by atoms with E-state index in [2.05, 4.69) is 4.74 Å². The lowest BCUT2D eigenvalue weighted by atomic mass is 10.1. The summed E-state index contributed by atoms with van der Waals surface area (Å²) in [6, 6.07) is 2.76.